The number of carbonyl (C=O) groups excluding carboxylic acids is 1. The average molecular weight is 271 g/mol. The molecular weight excluding hydrogens is 254 g/mol. The highest BCUT2D eigenvalue weighted by molar-refractivity contribution is 7.99. The third-order valence-electron chi connectivity index (χ3n) is 2.94. The van der Waals surface area contributed by atoms with Crippen molar-refractivity contribution in [2.45, 2.75) is 44.1 Å². The van der Waals surface area contributed by atoms with Gasteiger partial charge in [-0.2, -0.15) is 0 Å². The van der Waals surface area contributed by atoms with Crippen LogP contribution in [0.4, 0.5) is 0 Å². The van der Waals surface area contributed by atoms with E-state index < -0.39 is 6.10 Å². The molecule has 1 amide bonds. The van der Waals surface area contributed by atoms with Gasteiger partial charge in [0.2, 0.25) is 0 Å². The summed E-state index contributed by atoms with van der Waals surface area (Å²) in [6.45, 7) is 3.80. The van der Waals surface area contributed by atoms with E-state index in [4.69, 9.17) is 15.0 Å². The summed E-state index contributed by atoms with van der Waals surface area (Å²) in [5.41, 5.74) is 3.02. The van der Waals surface area contributed by atoms with Crippen LogP contribution < -0.4 is 11.3 Å². The van der Waals surface area contributed by atoms with Crippen LogP contribution in [0.25, 0.3) is 0 Å². The van der Waals surface area contributed by atoms with Gasteiger partial charge in [0.25, 0.3) is 11.1 Å². The molecule has 6 nitrogen and oxygen atoms in total. The zero-order chi connectivity index (χ0) is 13.1. The first-order valence-electron chi connectivity index (χ1n) is 5.83. The van der Waals surface area contributed by atoms with Crippen molar-refractivity contribution in [3.8, 4) is 0 Å². The predicted octanol–water partition coefficient (Wildman–Crippen LogP) is 0.921. The number of oxazole rings is 1. The van der Waals surface area contributed by atoms with Gasteiger partial charge in [-0.05, 0) is 26.7 Å². The largest absolute Gasteiger partial charge is 0.437 e. The van der Waals surface area contributed by atoms with Crippen LogP contribution in [0.15, 0.2) is 9.64 Å². The van der Waals surface area contributed by atoms with Crippen molar-refractivity contribution < 1.29 is 13.9 Å². The molecule has 1 aromatic rings. The Balaban J connectivity index is 1.80. The first-order chi connectivity index (χ1) is 8.60. The van der Waals surface area contributed by atoms with Crippen LogP contribution in [0, 0.1) is 13.8 Å². The Labute approximate surface area is 110 Å². The maximum absolute atomic E-state index is 11.3. The van der Waals surface area contributed by atoms with Crippen molar-refractivity contribution in [2.24, 2.45) is 5.84 Å². The van der Waals surface area contributed by atoms with Crippen LogP contribution in [-0.4, -0.2) is 28.9 Å². The molecule has 1 aliphatic heterocycles. The molecule has 0 radical (unpaired) electrons. The third-order valence-corrected chi connectivity index (χ3v) is 3.90. The van der Waals surface area contributed by atoms with Gasteiger partial charge < -0.3 is 9.15 Å². The molecule has 18 heavy (non-hydrogen) atoms. The van der Waals surface area contributed by atoms with E-state index in [1.54, 1.807) is 0 Å². The third kappa shape index (κ3) is 3.04. The van der Waals surface area contributed by atoms with Gasteiger partial charge in [-0.1, -0.05) is 11.8 Å². The number of aryl methyl sites for hydroxylation is 2. The minimum atomic E-state index is -0.423. The monoisotopic (exact) mass is 271 g/mol. The summed E-state index contributed by atoms with van der Waals surface area (Å²) in [5, 5.41) is 0.653. The molecule has 1 aromatic heterocycles. The molecule has 2 rings (SSSR count). The van der Waals surface area contributed by atoms with Crippen molar-refractivity contribution in [1.82, 2.24) is 10.4 Å². The maximum atomic E-state index is 11.3. The summed E-state index contributed by atoms with van der Waals surface area (Å²) in [5.74, 6) is 6.38. The Morgan fingerprint density at radius 2 is 2.33 bits per heavy atom. The fourth-order valence-corrected chi connectivity index (χ4v) is 2.74. The van der Waals surface area contributed by atoms with Crippen LogP contribution >= 0.6 is 11.8 Å². The smallest absolute Gasteiger partial charge is 0.263 e. The first kappa shape index (κ1) is 13.4. The lowest BCUT2D eigenvalue weighted by Gasteiger charge is -2.11. The van der Waals surface area contributed by atoms with Gasteiger partial charge in [0.05, 0.1) is 11.8 Å². The number of hydrazine groups is 1. The topological polar surface area (TPSA) is 90.4 Å². The second kappa shape index (κ2) is 5.73. The van der Waals surface area contributed by atoms with E-state index in [0.717, 1.165) is 23.6 Å². The highest BCUT2D eigenvalue weighted by atomic mass is 32.2. The first-order valence-corrected chi connectivity index (χ1v) is 6.81. The second-order valence-corrected chi connectivity index (χ2v) is 5.24. The van der Waals surface area contributed by atoms with Gasteiger partial charge in [-0.15, -0.1) is 0 Å². The number of amides is 1. The zero-order valence-electron chi connectivity index (χ0n) is 10.4. The number of nitrogens with two attached hydrogens (primary N) is 1. The highest BCUT2D eigenvalue weighted by Gasteiger charge is 2.30. The lowest BCUT2D eigenvalue weighted by Crippen LogP contribution is -2.39. The lowest BCUT2D eigenvalue weighted by molar-refractivity contribution is -0.131. The lowest BCUT2D eigenvalue weighted by atomic mass is 10.2. The summed E-state index contributed by atoms with van der Waals surface area (Å²) >= 11 is 1.51. The molecule has 2 atom stereocenters. The molecule has 7 heteroatoms. The molecule has 0 bridgehead atoms. The maximum Gasteiger partial charge on any atom is 0.263 e. The standard InChI is InChI=1S/C11H17N3O3S/c1-6-7(2)16-11(13-6)18-5-8-3-4-9(17-8)10(15)14-12/h8-9H,3-5,12H2,1-2H3,(H,14,15). The second-order valence-electron chi connectivity index (χ2n) is 4.27. The Morgan fingerprint density at radius 3 is 2.94 bits per heavy atom. The Morgan fingerprint density at radius 1 is 1.56 bits per heavy atom. The van der Waals surface area contributed by atoms with E-state index >= 15 is 0 Å². The van der Waals surface area contributed by atoms with Gasteiger partial charge in [0.1, 0.15) is 11.9 Å². The normalized spacial score (nSPS) is 23.3. The molecule has 1 fully saturated rings. The summed E-state index contributed by atoms with van der Waals surface area (Å²) in [7, 11) is 0. The number of aromatic nitrogens is 1. The minimum Gasteiger partial charge on any atom is -0.437 e. The van der Waals surface area contributed by atoms with Crippen LogP contribution in [0.5, 0.6) is 0 Å². The number of hydrogen-bond acceptors (Lipinski definition) is 6. The van der Waals surface area contributed by atoms with E-state index in [-0.39, 0.29) is 12.0 Å². The molecule has 3 N–H and O–H groups in total. The van der Waals surface area contributed by atoms with Crippen LogP contribution in [0.2, 0.25) is 0 Å². The summed E-state index contributed by atoms with van der Waals surface area (Å²) in [6.07, 6.45) is 1.18. The van der Waals surface area contributed by atoms with Gasteiger partial charge >= 0.3 is 0 Å². The molecule has 100 valence electrons. The van der Waals surface area contributed by atoms with Gasteiger partial charge in [0.15, 0.2) is 0 Å². The van der Waals surface area contributed by atoms with Crippen molar-refractivity contribution >= 4 is 17.7 Å². The molecule has 2 heterocycles. The van der Waals surface area contributed by atoms with Crippen LogP contribution in [0.3, 0.4) is 0 Å². The molecule has 2 unspecified atom stereocenters. The summed E-state index contributed by atoms with van der Waals surface area (Å²) in [6, 6.07) is 0. The molecular formula is C11H17N3O3S. The summed E-state index contributed by atoms with van der Waals surface area (Å²) in [4.78, 5) is 15.6. The molecule has 1 aliphatic rings. The Hall–Kier alpha value is -1.05. The summed E-state index contributed by atoms with van der Waals surface area (Å²) < 4.78 is 11.1. The average Bonchev–Trinajstić information content (AvgIpc) is 2.94. The quantitative estimate of drug-likeness (QED) is 0.366. The van der Waals surface area contributed by atoms with Crippen molar-refractivity contribution in [3.63, 3.8) is 0 Å². The predicted molar refractivity (Wildman–Crippen MR) is 66.9 cm³/mol. The van der Waals surface area contributed by atoms with E-state index in [9.17, 15) is 4.79 Å². The molecule has 0 aliphatic carbocycles. The fourth-order valence-electron chi connectivity index (χ4n) is 1.78. The van der Waals surface area contributed by atoms with Crippen LogP contribution in [-0.2, 0) is 9.53 Å². The highest BCUT2D eigenvalue weighted by Crippen LogP contribution is 2.27. The molecule has 0 aromatic carbocycles. The molecule has 0 saturated carbocycles. The SMILES string of the molecule is Cc1nc(SCC2CCC(C(=O)NN)O2)oc1C. The fraction of sp³-hybridized carbons (Fsp3) is 0.636. The number of rotatable bonds is 4. The van der Waals surface area contributed by atoms with Gasteiger partial charge in [-0.3, -0.25) is 10.2 Å². The van der Waals surface area contributed by atoms with Crippen molar-refractivity contribution in [2.75, 3.05) is 5.75 Å². The zero-order valence-corrected chi connectivity index (χ0v) is 11.3. The van der Waals surface area contributed by atoms with E-state index in [2.05, 4.69) is 10.4 Å². The number of carbonyl (C=O) groups is 1. The van der Waals surface area contributed by atoms with Crippen LogP contribution in [0.1, 0.15) is 24.3 Å². The van der Waals surface area contributed by atoms with Crippen molar-refractivity contribution in [1.29, 1.82) is 0 Å². The number of ether oxygens (including phenoxy) is 1. The number of hydrogen-bond donors (Lipinski definition) is 2. The Kier molecular flexibility index (Phi) is 4.26. The minimum absolute atomic E-state index is 0.0461. The van der Waals surface area contributed by atoms with Gasteiger partial charge in [0, 0.05) is 5.75 Å². The Bertz CT molecular complexity index is 416. The van der Waals surface area contributed by atoms with E-state index in [0.29, 0.717) is 11.6 Å². The molecule has 1 saturated heterocycles. The van der Waals surface area contributed by atoms with E-state index in [1.165, 1.54) is 11.8 Å². The molecule has 0 spiro atoms. The number of thioether (sulfide) groups is 1. The number of nitrogens with zero attached hydrogens (tertiary/aromatic N) is 1. The van der Waals surface area contributed by atoms with E-state index in [1.807, 2.05) is 13.8 Å². The number of nitrogens with one attached hydrogen (secondary N) is 1. The van der Waals surface area contributed by atoms with Crippen molar-refractivity contribution in [3.05, 3.63) is 11.5 Å². The van der Waals surface area contributed by atoms with Gasteiger partial charge in [-0.25, -0.2) is 10.8 Å².